The number of benzene rings is 6. The summed E-state index contributed by atoms with van der Waals surface area (Å²) in [4.78, 5) is 0. The van der Waals surface area contributed by atoms with E-state index in [1.165, 1.54) is 75.4 Å². The van der Waals surface area contributed by atoms with Gasteiger partial charge in [0.05, 0.1) is 11.0 Å². The normalized spacial score (nSPS) is 12.2. The van der Waals surface area contributed by atoms with E-state index in [-0.39, 0.29) is 0 Å². The highest BCUT2D eigenvalue weighted by atomic mass is 79.9. The van der Waals surface area contributed by atoms with Gasteiger partial charge >= 0.3 is 0 Å². The number of aryl methyl sites for hydroxylation is 2. The summed E-state index contributed by atoms with van der Waals surface area (Å²) in [7, 11) is 0. The molecule has 0 saturated carbocycles. The van der Waals surface area contributed by atoms with Crippen LogP contribution in [0, 0.1) is 13.8 Å². The van der Waals surface area contributed by atoms with Crippen molar-refractivity contribution in [3.63, 3.8) is 0 Å². The third kappa shape index (κ3) is 2.18. The van der Waals surface area contributed by atoms with Gasteiger partial charge in [0.15, 0.2) is 0 Å². The van der Waals surface area contributed by atoms with Crippen LogP contribution >= 0.6 is 15.9 Å². The van der Waals surface area contributed by atoms with Crippen LogP contribution in [0.3, 0.4) is 0 Å². The molecule has 0 aliphatic carbocycles. The molecule has 32 heavy (non-hydrogen) atoms. The van der Waals surface area contributed by atoms with E-state index in [0.717, 1.165) is 0 Å². The Kier molecular flexibility index (Phi) is 3.61. The molecule has 7 aromatic rings. The van der Waals surface area contributed by atoms with E-state index in [2.05, 4.69) is 119 Å². The van der Waals surface area contributed by atoms with Crippen molar-refractivity contribution >= 4 is 70.1 Å². The summed E-state index contributed by atoms with van der Waals surface area (Å²) in [6.45, 7) is 4.49. The molecule has 0 N–H and O–H groups in total. The first-order valence-corrected chi connectivity index (χ1v) is 11.8. The molecule has 7 rings (SSSR count). The number of nitrogens with zero attached hydrogens (tertiary/aromatic N) is 1. The summed E-state index contributed by atoms with van der Waals surface area (Å²) in [5.74, 6) is 0. The Hall–Kier alpha value is -3.36. The molecular weight excluding hydrogens is 454 g/mol. The van der Waals surface area contributed by atoms with Gasteiger partial charge in [-0.05, 0) is 81.6 Å². The van der Waals surface area contributed by atoms with Crippen LogP contribution in [0.15, 0.2) is 89.4 Å². The van der Waals surface area contributed by atoms with E-state index >= 15 is 0 Å². The molecule has 1 nitrogen and oxygen atoms in total. The third-order valence-corrected chi connectivity index (χ3v) is 7.76. The highest BCUT2D eigenvalue weighted by Gasteiger charge is 2.21. The van der Waals surface area contributed by atoms with Crippen molar-refractivity contribution in [1.82, 2.24) is 4.57 Å². The maximum atomic E-state index is 3.83. The van der Waals surface area contributed by atoms with Gasteiger partial charge in [-0.1, -0.05) is 76.6 Å². The number of rotatable bonds is 1. The Labute approximate surface area is 194 Å². The first-order valence-electron chi connectivity index (χ1n) is 11.0. The Morgan fingerprint density at radius 2 is 1.25 bits per heavy atom. The Bertz CT molecular complexity index is 1820. The van der Waals surface area contributed by atoms with Gasteiger partial charge in [0.25, 0.3) is 0 Å². The van der Waals surface area contributed by atoms with E-state index in [0.29, 0.717) is 0 Å². The quantitative estimate of drug-likeness (QED) is 0.209. The van der Waals surface area contributed by atoms with Crippen molar-refractivity contribution in [3.8, 4) is 5.69 Å². The average molecular weight is 474 g/mol. The fraction of sp³-hybridized carbons (Fsp3) is 0.0667. The average Bonchev–Trinajstić information content (AvgIpc) is 3.17. The zero-order valence-corrected chi connectivity index (χ0v) is 19.5. The molecule has 1 aromatic heterocycles. The van der Waals surface area contributed by atoms with Crippen molar-refractivity contribution in [2.75, 3.05) is 0 Å². The SMILES string of the molecule is Cc1cc(Br)c2ccc3c(C)c4c(c5ccc1c2c35)c1ccccc1n4-c1ccccc1. The van der Waals surface area contributed by atoms with Gasteiger partial charge in [-0.15, -0.1) is 0 Å². The Morgan fingerprint density at radius 1 is 0.594 bits per heavy atom. The molecule has 1 heterocycles. The molecule has 0 aliphatic rings. The summed E-state index contributed by atoms with van der Waals surface area (Å²) in [5, 5.41) is 10.7. The number of hydrogen-bond donors (Lipinski definition) is 0. The second-order valence-corrected chi connectivity index (χ2v) is 9.64. The number of para-hydroxylation sites is 2. The van der Waals surface area contributed by atoms with Gasteiger partial charge < -0.3 is 4.57 Å². The molecule has 0 amide bonds. The number of fused-ring (bicyclic) bond motifs is 4. The maximum absolute atomic E-state index is 3.83. The van der Waals surface area contributed by atoms with Gasteiger partial charge in [-0.3, -0.25) is 0 Å². The second kappa shape index (κ2) is 6.34. The lowest BCUT2D eigenvalue weighted by molar-refractivity contribution is 1.17. The minimum Gasteiger partial charge on any atom is -0.309 e. The lowest BCUT2D eigenvalue weighted by Gasteiger charge is -2.17. The van der Waals surface area contributed by atoms with Gasteiger partial charge in [0.1, 0.15) is 0 Å². The van der Waals surface area contributed by atoms with Crippen LogP contribution in [0.2, 0.25) is 0 Å². The predicted molar refractivity (Wildman–Crippen MR) is 142 cm³/mol. The van der Waals surface area contributed by atoms with Gasteiger partial charge in [-0.2, -0.15) is 0 Å². The molecular formula is C30H20BrN. The molecule has 2 heteroatoms. The topological polar surface area (TPSA) is 4.93 Å². The predicted octanol–water partition coefficient (Wildman–Crippen LogP) is 9.06. The summed E-state index contributed by atoms with van der Waals surface area (Å²) in [6, 6.07) is 31.0. The van der Waals surface area contributed by atoms with Crippen LogP contribution in [-0.4, -0.2) is 4.57 Å². The zero-order valence-electron chi connectivity index (χ0n) is 17.9. The smallest absolute Gasteiger partial charge is 0.0582 e. The van der Waals surface area contributed by atoms with E-state index in [1.54, 1.807) is 0 Å². The summed E-state index contributed by atoms with van der Waals surface area (Å²) in [5.41, 5.74) is 6.40. The van der Waals surface area contributed by atoms with Crippen molar-refractivity contribution in [1.29, 1.82) is 0 Å². The van der Waals surface area contributed by atoms with Gasteiger partial charge in [0.2, 0.25) is 0 Å². The third-order valence-electron chi connectivity index (χ3n) is 7.10. The highest BCUT2D eigenvalue weighted by Crippen LogP contribution is 2.46. The van der Waals surface area contributed by atoms with Crippen molar-refractivity contribution < 1.29 is 0 Å². The zero-order chi connectivity index (χ0) is 21.6. The molecule has 0 spiro atoms. The summed E-state index contributed by atoms with van der Waals surface area (Å²) < 4.78 is 3.61. The number of halogens is 1. The Morgan fingerprint density at radius 3 is 2.09 bits per heavy atom. The first kappa shape index (κ1) is 18.2. The van der Waals surface area contributed by atoms with Crippen LogP contribution < -0.4 is 0 Å². The van der Waals surface area contributed by atoms with Gasteiger partial charge in [0, 0.05) is 20.9 Å². The van der Waals surface area contributed by atoms with Crippen molar-refractivity contribution in [2.24, 2.45) is 0 Å². The minimum absolute atomic E-state index is 1.17. The lowest BCUT2D eigenvalue weighted by Crippen LogP contribution is -1.96. The molecule has 0 atom stereocenters. The van der Waals surface area contributed by atoms with Crippen LogP contribution in [0.1, 0.15) is 11.1 Å². The van der Waals surface area contributed by atoms with Crippen LogP contribution in [0.4, 0.5) is 0 Å². The number of hydrogen-bond acceptors (Lipinski definition) is 0. The van der Waals surface area contributed by atoms with Crippen LogP contribution in [0.5, 0.6) is 0 Å². The minimum atomic E-state index is 1.17. The molecule has 152 valence electrons. The summed E-state index contributed by atoms with van der Waals surface area (Å²) >= 11 is 3.83. The van der Waals surface area contributed by atoms with Crippen molar-refractivity contribution in [2.45, 2.75) is 13.8 Å². The molecule has 6 aromatic carbocycles. The Balaban J connectivity index is 1.84. The van der Waals surface area contributed by atoms with Crippen molar-refractivity contribution in [3.05, 3.63) is 101 Å². The van der Waals surface area contributed by atoms with E-state index in [1.807, 2.05) is 0 Å². The van der Waals surface area contributed by atoms with Crippen LogP contribution in [0.25, 0.3) is 59.8 Å². The molecule has 0 fully saturated rings. The second-order valence-electron chi connectivity index (χ2n) is 8.78. The standard InChI is InChI=1S/C30H20BrN/c1-17-16-25(31)22-14-13-21-18(2)30-29(24-15-12-20(17)27(22)28(21)24)23-10-6-7-11-26(23)32(30)19-8-4-3-5-9-19/h3-16H,1-2H3. The largest absolute Gasteiger partial charge is 0.309 e. The highest BCUT2D eigenvalue weighted by molar-refractivity contribution is 9.10. The molecule has 0 aliphatic heterocycles. The number of aromatic nitrogens is 1. The fourth-order valence-corrected chi connectivity index (χ4v) is 6.40. The van der Waals surface area contributed by atoms with E-state index in [4.69, 9.17) is 0 Å². The van der Waals surface area contributed by atoms with E-state index < -0.39 is 0 Å². The maximum Gasteiger partial charge on any atom is 0.0582 e. The lowest BCUT2D eigenvalue weighted by atomic mass is 9.88. The van der Waals surface area contributed by atoms with E-state index in [9.17, 15) is 0 Å². The van der Waals surface area contributed by atoms with Gasteiger partial charge in [-0.25, -0.2) is 0 Å². The molecule has 0 unspecified atom stereocenters. The molecule has 0 bridgehead atoms. The monoisotopic (exact) mass is 473 g/mol. The fourth-order valence-electron chi connectivity index (χ4n) is 5.73. The summed E-state index contributed by atoms with van der Waals surface area (Å²) in [6.07, 6.45) is 0. The molecule has 0 radical (unpaired) electrons. The molecule has 0 saturated heterocycles. The van der Waals surface area contributed by atoms with Crippen LogP contribution in [-0.2, 0) is 0 Å². The first-order chi connectivity index (χ1) is 15.6.